The summed E-state index contributed by atoms with van der Waals surface area (Å²) in [5, 5.41) is 1.59. The molecule has 2 fully saturated rings. The van der Waals surface area contributed by atoms with Crippen LogP contribution in [0.2, 0.25) is 0 Å². The zero-order valence-electron chi connectivity index (χ0n) is 12.5. The maximum Gasteiger partial charge on any atom is 0.0667 e. The molecule has 3 rings (SSSR count). The summed E-state index contributed by atoms with van der Waals surface area (Å²) in [7, 11) is -1.31. The molecule has 0 amide bonds. The first kappa shape index (κ1) is 14.9. The van der Waals surface area contributed by atoms with Gasteiger partial charge in [-0.3, -0.25) is 0 Å². The van der Waals surface area contributed by atoms with E-state index in [1.54, 1.807) is 5.30 Å². The van der Waals surface area contributed by atoms with Gasteiger partial charge in [-0.05, 0) is 76.0 Å². The Balaban J connectivity index is 2.04. The second-order valence-corrected chi connectivity index (χ2v) is 11.1. The number of rotatable bonds is 4. The number of hydrogen-bond acceptors (Lipinski definition) is 0. The number of hydrogen-bond donors (Lipinski definition) is 0. The topological polar surface area (TPSA) is 0 Å². The van der Waals surface area contributed by atoms with Crippen molar-refractivity contribution in [1.82, 2.24) is 0 Å². The van der Waals surface area contributed by atoms with Crippen molar-refractivity contribution in [2.24, 2.45) is 0 Å². The molecule has 1 aromatic rings. The van der Waals surface area contributed by atoms with Gasteiger partial charge in [0.2, 0.25) is 0 Å². The zero-order chi connectivity index (χ0) is 14.0. The van der Waals surface area contributed by atoms with Crippen LogP contribution in [0.1, 0.15) is 56.9 Å². The molecule has 0 aromatic heterocycles. The second kappa shape index (κ2) is 6.37. The Hall–Kier alpha value is -0.0600. The Labute approximate surface area is 129 Å². The highest BCUT2D eigenvalue weighted by molar-refractivity contribution is 7.87. The Morgan fingerprint density at radius 2 is 1.55 bits per heavy atom. The largest absolute Gasteiger partial charge is 0.304 e. The first-order valence-electron chi connectivity index (χ1n) is 8.17. The molecule has 110 valence electrons. The molecule has 0 aliphatic heterocycles. The minimum absolute atomic E-state index is 0.866. The van der Waals surface area contributed by atoms with Crippen LogP contribution >= 0.6 is 18.9 Å². The standard InChI is InChI=1S/C18H26ClP/c1-15-7-6-12-18(13-15)20(14-19,16-8-2-3-9-16)17-10-4-5-11-17/h6-7,12-14,16-17H,2-5,8-11H2,1H3. The Morgan fingerprint density at radius 1 is 1.00 bits per heavy atom. The molecule has 0 heterocycles. The fraction of sp³-hybridized carbons (Fsp3) is 0.611. The van der Waals surface area contributed by atoms with E-state index in [0.717, 1.165) is 11.3 Å². The predicted octanol–water partition coefficient (Wildman–Crippen LogP) is 5.88. The van der Waals surface area contributed by atoms with Gasteiger partial charge in [-0.25, -0.2) is 0 Å². The van der Waals surface area contributed by atoms with Gasteiger partial charge in [-0.15, -0.1) is 0 Å². The van der Waals surface area contributed by atoms with Crippen LogP contribution < -0.4 is 5.30 Å². The van der Waals surface area contributed by atoms with E-state index in [4.69, 9.17) is 11.6 Å². The quantitative estimate of drug-likeness (QED) is 0.481. The van der Waals surface area contributed by atoms with Crippen molar-refractivity contribution >= 4 is 24.2 Å². The first-order chi connectivity index (χ1) is 9.77. The second-order valence-electron chi connectivity index (χ2n) is 6.65. The Morgan fingerprint density at radius 3 is 2.00 bits per heavy atom. The summed E-state index contributed by atoms with van der Waals surface area (Å²) in [4.78, 5) is 0. The van der Waals surface area contributed by atoms with E-state index in [1.165, 1.54) is 56.9 Å². The van der Waals surface area contributed by atoms with Crippen LogP contribution in [0.25, 0.3) is 0 Å². The molecule has 2 saturated carbocycles. The van der Waals surface area contributed by atoms with Crippen LogP contribution in [0.3, 0.4) is 0 Å². The molecule has 0 unspecified atom stereocenters. The molecule has 0 saturated heterocycles. The summed E-state index contributed by atoms with van der Waals surface area (Å²) in [5.74, 6) is 0. The van der Waals surface area contributed by atoms with Crippen LogP contribution in [0.15, 0.2) is 24.3 Å². The van der Waals surface area contributed by atoms with Gasteiger partial charge in [0.15, 0.2) is 0 Å². The van der Waals surface area contributed by atoms with Crippen molar-refractivity contribution in [2.75, 3.05) is 0 Å². The summed E-state index contributed by atoms with van der Waals surface area (Å²) in [6.45, 7) is 2.22. The van der Waals surface area contributed by atoms with Gasteiger partial charge in [0.1, 0.15) is 0 Å². The van der Waals surface area contributed by atoms with Gasteiger partial charge in [0.05, 0.1) is 5.30 Å². The lowest BCUT2D eigenvalue weighted by Crippen LogP contribution is -2.29. The van der Waals surface area contributed by atoms with E-state index < -0.39 is 7.26 Å². The fourth-order valence-electron chi connectivity index (χ4n) is 4.47. The van der Waals surface area contributed by atoms with Crippen LogP contribution in [0, 0.1) is 12.5 Å². The zero-order valence-corrected chi connectivity index (χ0v) is 14.2. The lowest BCUT2D eigenvalue weighted by Gasteiger charge is -2.43. The monoisotopic (exact) mass is 308 g/mol. The van der Waals surface area contributed by atoms with Gasteiger partial charge >= 0.3 is 0 Å². The number of halogens is 1. The third-order valence-electron chi connectivity index (χ3n) is 5.47. The Bertz CT molecular complexity index is 428. The van der Waals surface area contributed by atoms with Crippen molar-refractivity contribution in [3.63, 3.8) is 0 Å². The summed E-state index contributed by atoms with van der Waals surface area (Å²) in [5.41, 5.74) is 5.30. The van der Waals surface area contributed by atoms with Crippen molar-refractivity contribution in [1.29, 1.82) is 0 Å². The number of benzene rings is 1. The average Bonchev–Trinajstić information content (AvgIpc) is 3.14. The van der Waals surface area contributed by atoms with Crippen molar-refractivity contribution in [3.8, 4) is 0 Å². The molecule has 1 aromatic carbocycles. The first-order valence-corrected chi connectivity index (χ1v) is 10.6. The third kappa shape index (κ3) is 2.55. The van der Waals surface area contributed by atoms with Crippen molar-refractivity contribution in [2.45, 2.75) is 69.6 Å². The van der Waals surface area contributed by atoms with Gasteiger partial charge in [-0.2, -0.15) is 0 Å². The molecule has 2 aliphatic carbocycles. The van der Waals surface area contributed by atoms with E-state index in [1.807, 2.05) is 0 Å². The predicted molar refractivity (Wildman–Crippen MR) is 92.4 cm³/mol. The summed E-state index contributed by atoms with van der Waals surface area (Å²) in [6, 6.07) is 9.26. The van der Waals surface area contributed by atoms with E-state index in [2.05, 4.69) is 36.8 Å². The van der Waals surface area contributed by atoms with Gasteiger partial charge < -0.3 is 11.6 Å². The normalized spacial score (nSPS) is 21.7. The molecule has 2 aliphatic rings. The van der Waals surface area contributed by atoms with E-state index in [-0.39, 0.29) is 0 Å². The molecule has 0 bridgehead atoms. The highest BCUT2D eigenvalue weighted by Crippen LogP contribution is 2.74. The molecule has 20 heavy (non-hydrogen) atoms. The van der Waals surface area contributed by atoms with Crippen molar-refractivity contribution < 1.29 is 0 Å². The maximum atomic E-state index is 6.60. The molecule has 0 N–H and O–H groups in total. The highest BCUT2D eigenvalue weighted by Gasteiger charge is 2.48. The van der Waals surface area contributed by atoms with Crippen molar-refractivity contribution in [3.05, 3.63) is 35.5 Å². The molecule has 2 heteroatoms. The maximum absolute atomic E-state index is 6.60. The molecule has 0 radical (unpaired) electrons. The molecule has 0 spiro atoms. The van der Waals surface area contributed by atoms with Gasteiger partial charge in [0.25, 0.3) is 0 Å². The van der Waals surface area contributed by atoms with Crippen LogP contribution in [-0.2, 0) is 0 Å². The number of aryl methyl sites for hydroxylation is 1. The summed E-state index contributed by atoms with van der Waals surface area (Å²) in [6.07, 6.45) is 11.3. The van der Waals surface area contributed by atoms with Crippen LogP contribution in [-0.4, -0.2) is 11.3 Å². The summed E-state index contributed by atoms with van der Waals surface area (Å²) < 4.78 is 0. The molecular weight excluding hydrogens is 283 g/mol. The van der Waals surface area contributed by atoms with Gasteiger partial charge in [0, 0.05) is 11.3 Å². The minimum Gasteiger partial charge on any atom is -0.304 e. The molecule has 0 nitrogen and oxygen atoms in total. The third-order valence-corrected chi connectivity index (χ3v) is 11.4. The lowest BCUT2D eigenvalue weighted by molar-refractivity contribution is 0.823. The van der Waals surface area contributed by atoms with E-state index in [9.17, 15) is 0 Å². The lowest BCUT2D eigenvalue weighted by atomic mass is 10.2. The van der Waals surface area contributed by atoms with E-state index >= 15 is 0 Å². The SMILES string of the molecule is Cc1cccc([P+]([CH-]Cl)(C2CCCC2)C2CCCC2)c1. The van der Waals surface area contributed by atoms with Crippen LogP contribution in [0.4, 0.5) is 0 Å². The highest BCUT2D eigenvalue weighted by atomic mass is 35.5. The fourth-order valence-corrected chi connectivity index (χ4v) is 10.8. The van der Waals surface area contributed by atoms with Gasteiger partial charge in [-0.1, -0.05) is 25.0 Å². The van der Waals surface area contributed by atoms with E-state index in [0.29, 0.717) is 0 Å². The average molecular weight is 309 g/mol. The van der Waals surface area contributed by atoms with Crippen LogP contribution in [0.5, 0.6) is 0 Å². The summed E-state index contributed by atoms with van der Waals surface area (Å²) >= 11 is 6.60. The minimum atomic E-state index is -1.31. The molecular formula is C18H26ClP. The smallest absolute Gasteiger partial charge is 0.0667 e. The Kier molecular flexibility index (Phi) is 4.73. The molecule has 0 atom stereocenters.